The van der Waals surface area contributed by atoms with Gasteiger partial charge in [0.1, 0.15) is 5.60 Å². The molecule has 5 heteroatoms. The molecule has 0 saturated heterocycles. The van der Waals surface area contributed by atoms with Gasteiger partial charge in [-0.25, -0.2) is 4.79 Å². The van der Waals surface area contributed by atoms with Gasteiger partial charge in [0.15, 0.2) is 0 Å². The lowest BCUT2D eigenvalue weighted by Gasteiger charge is -2.24. The zero-order valence-corrected chi connectivity index (χ0v) is 14.5. The van der Waals surface area contributed by atoms with Crippen LogP contribution in [0.5, 0.6) is 0 Å². The van der Waals surface area contributed by atoms with Gasteiger partial charge in [0, 0.05) is 4.48 Å². The van der Waals surface area contributed by atoms with Gasteiger partial charge >= 0.3 is 6.09 Å². The van der Waals surface area contributed by atoms with Crippen LogP contribution >= 0.6 is 15.9 Å². The molecule has 0 aliphatic rings. The molecular weight excluding hydrogens is 322 g/mol. The molecule has 2 N–H and O–H groups in total. The number of amides is 1. The van der Waals surface area contributed by atoms with Crippen molar-refractivity contribution in [3.05, 3.63) is 23.2 Å². The average Bonchev–Trinajstić information content (AvgIpc) is 2.25. The first-order valence-corrected chi connectivity index (χ1v) is 7.51. The summed E-state index contributed by atoms with van der Waals surface area (Å²) in [6.07, 6.45) is 2.78. The second-order valence-corrected chi connectivity index (χ2v) is 6.92. The van der Waals surface area contributed by atoms with Gasteiger partial charge in [-0.05, 0) is 39.2 Å². The Morgan fingerprint density at radius 3 is 2.40 bits per heavy atom. The summed E-state index contributed by atoms with van der Waals surface area (Å²) >= 11 is 3.34. The Hall–Kier alpha value is -0.810. The van der Waals surface area contributed by atoms with E-state index >= 15 is 0 Å². The highest BCUT2D eigenvalue weighted by molar-refractivity contribution is 9.11. The SMILES string of the molecule is C=CCC(O)C(Br)=CC(NC(=O)OC(C)(C)C)C(C)C. The molecule has 0 aromatic rings. The molecule has 0 aromatic heterocycles. The standard InChI is InChI=1S/C15H26BrNO3/c1-7-8-13(18)11(16)9-12(10(2)3)17-14(19)20-15(4,5)6/h7,9-10,12-13,18H,1,8H2,2-6H3,(H,17,19). The summed E-state index contributed by atoms with van der Waals surface area (Å²) in [5, 5.41) is 12.6. The second kappa shape index (κ2) is 8.47. The highest BCUT2D eigenvalue weighted by Gasteiger charge is 2.21. The van der Waals surface area contributed by atoms with E-state index in [4.69, 9.17) is 4.74 Å². The summed E-state index contributed by atoms with van der Waals surface area (Å²) in [6, 6.07) is -0.223. The number of halogens is 1. The van der Waals surface area contributed by atoms with Crippen molar-refractivity contribution >= 4 is 22.0 Å². The van der Waals surface area contributed by atoms with Crippen LogP contribution in [0.25, 0.3) is 0 Å². The molecule has 0 heterocycles. The lowest BCUT2D eigenvalue weighted by atomic mass is 10.0. The van der Waals surface area contributed by atoms with E-state index in [1.165, 1.54) is 0 Å². The molecule has 0 aliphatic heterocycles. The topological polar surface area (TPSA) is 58.6 Å². The van der Waals surface area contributed by atoms with Crippen molar-refractivity contribution in [3.63, 3.8) is 0 Å². The maximum atomic E-state index is 11.8. The van der Waals surface area contributed by atoms with Crippen LogP contribution in [0.1, 0.15) is 41.0 Å². The molecule has 1 amide bonds. The third kappa shape index (κ3) is 8.38. The minimum Gasteiger partial charge on any atom is -0.444 e. The fourth-order valence-electron chi connectivity index (χ4n) is 1.40. The van der Waals surface area contributed by atoms with E-state index in [-0.39, 0.29) is 12.0 Å². The number of carbonyl (C=O) groups is 1. The fourth-order valence-corrected chi connectivity index (χ4v) is 1.87. The van der Waals surface area contributed by atoms with Gasteiger partial charge in [-0.2, -0.15) is 0 Å². The zero-order chi connectivity index (χ0) is 15.9. The number of hydrogen-bond donors (Lipinski definition) is 2. The van der Waals surface area contributed by atoms with E-state index in [1.54, 1.807) is 12.2 Å². The number of alkyl carbamates (subject to hydrolysis) is 1. The predicted octanol–water partition coefficient (Wildman–Crippen LogP) is 3.75. The van der Waals surface area contributed by atoms with Crippen molar-refractivity contribution < 1.29 is 14.6 Å². The smallest absolute Gasteiger partial charge is 0.408 e. The molecule has 2 unspecified atom stereocenters. The quantitative estimate of drug-likeness (QED) is 0.719. The van der Waals surface area contributed by atoms with E-state index in [0.717, 1.165) is 0 Å². The van der Waals surface area contributed by atoms with E-state index in [2.05, 4.69) is 27.8 Å². The maximum Gasteiger partial charge on any atom is 0.408 e. The van der Waals surface area contributed by atoms with Crippen molar-refractivity contribution in [3.8, 4) is 0 Å². The number of ether oxygens (including phenoxy) is 1. The zero-order valence-electron chi connectivity index (χ0n) is 12.9. The van der Waals surface area contributed by atoms with Crippen molar-refractivity contribution in [1.29, 1.82) is 0 Å². The van der Waals surface area contributed by atoms with E-state index < -0.39 is 17.8 Å². The first kappa shape index (κ1) is 19.2. The highest BCUT2D eigenvalue weighted by Crippen LogP contribution is 2.18. The molecular formula is C15H26BrNO3. The van der Waals surface area contributed by atoms with Crippen LogP contribution in [0.2, 0.25) is 0 Å². The maximum absolute atomic E-state index is 11.8. The molecule has 0 spiro atoms. The molecule has 0 saturated carbocycles. The Morgan fingerprint density at radius 2 is 2.00 bits per heavy atom. The van der Waals surface area contributed by atoms with E-state index in [9.17, 15) is 9.90 Å². The summed E-state index contributed by atoms with van der Waals surface area (Å²) in [5.41, 5.74) is -0.533. The summed E-state index contributed by atoms with van der Waals surface area (Å²) in [7, 11) is 0. The van der Waals surface area contributed by atoms with Gasteiger partial charge in [0.25, 0.3) is 0 Å². The summed E-state index contributed by atoms with van der Waals surface area (Å²) < 4.78 is 5.87. The normalized spacial score (nSPS) is 15.7. The molecule has 0 radical (unpaired) electrons. The van der Waals surface area contributed by atoms with E-state index in [1.807, 2.05) is 34.6 Å². The lowest BCUT2D eigenvalue weighted by molar-refractivity contribution is 0.0503. The van der Waals surface area contributed by atoms with Gasteiger partial charge in [0.05, 0.1) is 12.1 Å². The number of aliphatic hydroxyl groups excluding tert-OH is 1. The summed E-state index contributed by atoms with van der Waals surface area (Å²) in [5.74, 6) is 0.172. The Morgan fingerprint density at radius 1 is 1.45 bits per heavy atom. The first-order chi connectivity index (χ1) is 9.06. The molecule has 2 atom stereocenters. The number of rotatable bonds is 6. The largest absolute Gasteiger partial charge is 0.444 e. The van der Waals surface area contributed by atoms with Crippen molar-refractivity contribution in [2.75, 3.05) is 0 Å². The van der Waals surface area contributed by atoms with Crippen LogP contribution in [0.4, 0.5) is 4.79 Å². The van der Waals surface area contributed by atoms with E-state index in [0.29, 0.717) is 10.9 Å². The average molecular weight is 348 g/mol. The van der Waals surface area contributed by atoms with Crippen LogP contribution in [-0.2, 0) is 4.74 Å². The molecule has 0 fully saturated rings. The van der Waals surface area contributed by atoms with Crippen molar-refractivity contribution in [2.24, 2.45) is 5.92 Å². The highest BCUT2D eigenvalue weighted by atomic mass is 79.9. The molecule has 0 aliphatic carbocycles. The minimum absolute atomic E-state index is 0.172. The Bertz CT molecular complexity index is 359. The molecule has 116 valence electrons. The molecule has 0 bridgehead atoms. The number of carbonyl (C=O) groups excluding carboxylic acids is 1. The Balaban J connectivity index is 4.78. The fraction of sp³-hybridized carbons (Fsp3) is 0.667. The first-order valence-electron chi connectivity index (χ1n) is 6.72. The van der Waals surface area contributed by atoms with Gasteiger partial charge in [0.2, 0.25) is 0 Å². The Labute approximate surface area is 130 Å². The molecule has 0 rings (SSSR count). The van der Waals surface area contributed by atoms with Crippen molar-refractivity contribution in [2.45, 2.75) is 58.8 Å². The van der Waals surface area contributed by atoms with Gasteiger partial charge in [-0.3, -0.25) is 0 Å². The van der Waals surface area contributed by atoms with Crippen molar-refractivity contribution in [1.82, 2.24) is 5.32 Å². The predicted molar refractivity (Wildman–Crippen MR) is 85.8 cm³/mol. The van der Waals surface area contributed by atoms with Crippen LogP contribution in [0.15, 0.2) is 23.2 Å². The van der Waals surface area contributed by atoms with Crippen LogP contribution < -0.4 is 5.32 Å². The number of nitrogens with one attached hydrogen (secondary N) is 1. The van der Waals surface area contributed by atoms with Gasteiger partial charge in [-0.1, -0.05) is 35.9 Å². The summed E-state index contributed by atoms with van der Waals surface area (Å²) in [4.78, 5) is 11.8. The molecule has 20 heavy (non-hydrogen) atoms. The van der Waals surface area contributed by atoms with Crippen LogP contribution in [0.3, 0.4) is 0 Å². The Kier molecular flexibility index (Phi) is 8.13. The van der Waals surface area contributed by atoms with Crippen LogP contribution in [0, 0.1) is 5.92 Å². The summed E-state index contributed by atoms with van der Waals surface area (Å²) in [6.45, 7) is 13.0. The molecule has 0 aromatic carbocycles. The third-order valence-electron chi connectivity index (χ3n) is 2.45. The van der Waals surface area contributed by atoms with Crippen LogP contribution in [-0.4, -0.2) is 28.9 Å². The second-order valence-electron chi connectivity index (χ2n) is 6.01. The number of aliphatic hydroxyl groups is 1. The minimum atomic E-state index is -0.644. The monoisotopic (exact) mass is 347 g/mol. The third-order valence-corrected chi connectivity index (χ3v) is 3.24. The van der Waals surface area contributed by atoms with Gasteiger partial charge in [-0.15, -0.1) is 6.58 Å². The van der Waals surface area contributed by atoms with Gasteiger partial charge < -0.3 is 15.2 Å². The number of hydrogen-bond acceptors (Lipinski definition) is 3. The lowest BCUT2D eigenvalue weighted by Crippen LogP contribution is -2.41. The molecule has 4 nitrogen and oxygen atoms in total.